The number of halogens is 1. The van der Waals surface area contributed by atoms with Gasteiger partial charge in [0, 0.05) is 10.4 Å². The Labute approximate surface area is 115 Å². The number of ether oxygens (including phenoxy) is 1. The molecule has 1 atom stereocenters. The number of fused-ring (bicyclic) bond motifs is 1. The molecule has 0 spiro atoms. The predicted molar refractivity (Wildman–Crippen MR) is 72.0 cm³/mol. The normalized spacial score (nSPS) is 11.9. The molecule has 1 aromatic heterocycles. The van der Waals surface area contributed by atoms with Gasteiger partial charge in [0.05, 0.1) is 16.8 Å². The Morgan fingerprint density at radius 3 is 2.89 bits per heavy atom. The highest BCUT2D eigenvalue weighted by molar-refractivity contribution is 6.31. The van der Waals surface area contributed by atoms with Crippen LogP contribution < -0.4 is 0 Å². The number of carbonyl (C=O) groups is 1. The van der Waals surface area contributed by atoms with Gasteiger partial charge in [-0.15, -0.1) is 0 Å². The highest BCUT2D eigenvalue weighted by Crippen LogP contribution is 2.21. The summed E-state index contributed by atoms with van der Waals surface area (Å²) >= 11 is 5.91. The van der Waals surface area contributed by atoms with Crippen molar-refractivity contribution in [1.82, 2.24) is 4.98 Å². The number of rotatable bonds is 2. The Kier molecular flexibility index (Phi) is 3.68. The summed E-state index contributed by atoms with van der Waals surface area (Å²) < 4.78 is 4.97. The van der Waals surface area contributed by atoms with E-state index < -0.39 is 12.1 Å². The van der Waals surface area contributed by atoms with Gasteiger partial charge in [-0.2, -0.15) is 5.26 Å². The van der Waals surface area contributed by atoms with E-state index in [0.717, 1.165) is 10.9 Å². The predicted octanol–water partition coefficient (Wildman–Crippen LogP) is 3.27. The molecule has 1 aromatic carbocycles. The molecule has 4 nitrogen and oxygen atoms in total. The van der Waals surface area contributed by atoms with Gasteiger partial charge < -0.3 is 4.74 Å². The minimum atomic E-state index is -0.790. The van der Waals surface area contributed by atoms with Crippen LogP contribution in [0.1, 0.15) is 23.0 Å². The molecule has 0 N–H and O–H groups in total. The highest BCUT2D eigenvalue weighted by atomic mass is 35.5. The Morgan fingerprint density at radius 2 is 2.21 bits per heavy atom. The molecule has 0 saturated heterocycles. The third-order valence-electron chi connectivity index (χ3n) is 2.65. The van der Waals surface area contributed by atoms with E-state index in [-0.39, 0.29) is 0 Å². The molecule has 0 fully saturated rings. The monoisotopic (exact) mass is 274 g/mol. The van der Waals surface area contributed by atoms with Gasteiger partial charge in [0.1, 0.15) is 6.07 Å². The van der Waals surface area contributed by atoms with Crippen molar-refractivity contribution in [2.45, 2.75) is 20.0 Å². The molecule has 0 bridgehead atoms. The summed E-state index contributed by atoms with van der Waals surface area (Å²) in [4.78, 5) is 16.2. The van der Waals surface area contributed by atoms with Crippen molar-refractivity contribution in [3.05, 3.63) is 40.5 Å². The second kappa shape index (κ2) is 5.25. The molecule has 0 aliphatic carbocycles. The van der Waals surface area contributed by atoms with Crippen molar-refractivity contribution in [2.75, 3.05) is 0 Å². The van der Waals surface area contributed by atoms with Gasteiger partial charge >= 0.3 is 5.97 Å². The van der Waals surface area contributed by atoms with Gasteiger partial charge in [-0.25, -0.2) is 4.79 Å². The summed E-state index contributed by atoms with van der Waals surface area (Å²) in [7, 11) is 0. The van der Waals surface area contributed by atoms with Gasteiger partial charge in [0.15, 0.2) is 6.10 Å². The van der Waals surface area contributed by atoms with Crippen molar-refractivity contribution in [1.29, 1.82) is 5.26 Å². The first-order valence-electron chi connectivity index (χ1n) is 5.69. The summed E-state index contributed by atoms with van der Waals surface area (Å²) in [6, 6.07) is 8.78. The Balaban J connectivity index is 2.46. The first-order chi connectivity index (χ1) is 9.01. The maximum Gasteiger partial charge on any atom is 0.341 e. The molecule has 1 heterocycles. The molecule has 96 valence electrons. The summed E-state index contributed by atoms with van der Waals surface area (Å²) in [5, 5.41) is 9.98. The molecule has 0 radical (unpaired) electrons. The zero-order valence-electron chi connectivity index (χ0n) is 10.5. The molecule has 2 aromatic rings. The van der Waals surface area contributed by atoms with E-state index in [2.05, 4.69) is 4.98 Å². The molecule has 0 aliphatic rings. The molecule has 2 rings (SSSR count). The molecule has 1 unspecified atom stereocenters. The van der Waals surface area contributed by atoms with Crippen molar-refractivity contribution >= 4 is 28.5 Å². The zero-order valence-corrected chi connectivity index (χ0v) is 11.2. The lowest BCUT2D eigenvalue weighted by Crippen LogP contribution is -2.14. The van der Waals surface area contributed by atoms with Crippen LogP contribution >= 0.6 is 11.6 Å². The number of pyridine rings is 1. The second-order valence-corrected chi connectivity index (χ2v) is 4.57. The third kappa shape index (κ3) is 2.83. The second-order valence-electron chi connectivity index (χ2n) is 4.14. The lowest BCUT2D eigenvalue weighted by atomic mass is 10.1. The Bertz CT molecular complexity index is 692. The molecular weight excluding hydrogens is 264 g/mol. The van der Waals surface area contributed by atoms with Gasteiger partial charge in [-0.3, -0.25) is 4.98 Å². The largest absolute Gasteiger partial charge is 0.444 e. The number of carbonyl (C=O) groups excluding carboxylic acids is 1. The van der Waals surface area contributed by atoms with Crippen molar-refractivity contribution < 1.29 is 9.53 Å². The van der Waals surface area contributed by atoms with Crippen LogP contribution in [0.25, 0.3) is 10.9 Å². The van der Waals surface area contributed by atoms with E-state index in [1.807, 2.05) is 6.07 Å². The highest BCUT2D eigenvalue weighted by Gasteiger charge is 2.15. The van der Waals surface area contributed by atoms with E-state index in [9.17, 15) is 4.79 Å². The van der Waals surface area contributed by atoms with Crippen LogP contribution in [0.2, 0.25) is 5.02 Å². The number of nitriles is 1. The van der Waals surface area contributed by atoms with E-state index in [1.54, 1.807) is 31.2 Å². The molecule has 0 aliphatic heterocycles. The Morgan fingerprint density at radius 1 is 1.47 bits per heavy atom. The van der Waals surface area contributed by atoms with E-state index in [4.69, 9.17) is 21.6 Å². The average molecular weight is 275 g/mol. The number of aromatic nitrogens is 1. The smallest absolute Gasteiger partial charge is 0.341 e. The van der Waals surface area contributed by atoms with Gasteiger partial charge in [0.2, 0.25) is 0 Å². The van der Waals surface area contributed by atoms with E-state index >= 15 is 0 Å². The van der Waals surface area contributed by atoms with E-state index in [1.165, 1.54) is 6.92 Å². The van der Waals surface area contributed by atoms with Crippen LogP contribution in [0.15, 0.2) is 24.3 Å². The summed E-state index contributed by atoms with van der Waals surface area (Å²) in [6.45, 7) is 3.24. The Hall–Kier alpha value is -2.12. The molecule has 5 heteroatoms. The number of benzene rings is 1. The molecule has 19 heavy (non-hydrogen) atoms. The van der Waals surface area contributed by atoms with Gasteiger partial charge in [0.25, 0.3) is 0 Å². The van der Waals surface area contributed by atoms with Crippen LogP contribution in [0, 0.1) is 18.3 Å². The molecule has 0 saturated carbocycles. The molecule has 0 amide bonds. The van der Waals surface area contributed by atoms with Crippen molar-refractivity contribution in [3.63, 3.8) is 0 Å². The minimum Gasteiger partial charge on any atom is -0.444 e. The number of hydrogen-bond acceptors (Lipinski definition) is 4. The lowest BCUT2D eigenvalue weighted by molar-refractivity contribution is 0.0434. The maximum absolute atomic E-state index is 11.9. The zero-order chi connectivity index (χ0) is 14.0. The fourth-order valence-corrected chi connectivity index (χ4v) is 1.88. The number of nitrogens with zero attached hydrogens (tertiary/aromatic N) is 2. The van der Waals surface area contributed by atoms with Gasteiger partial charge in [-0.1, -0.05) is 11.6 Å². The SMILES string of the molecule is Cc1nc2ccc(Cl)cc2cc1C(=O)OC(C)C#N. The first-order valence-corrected chi connectivity index (χ1v) is 6.06. The van der Waals surface area contributed by atoms with Crippen LogP contribution in [0.3, 0.4) is 0 Å². The quantitative estimate of drug-likeness (QED) is 0.789. The third-order valence-corrected chi connectivity index (χ3v) is 2.89. The number of hydrogen-bond donors (Lipinski definition) is 0. The van der Waals surface area contributed by atoms with Crippen LogP contribution in [-0.2, 0) is 4.74 Å². The van der Waals surface area contributed by atoms with Crippen molar-refractivity contribution in [3.8, 4) is 6.07 Å². The molecular formula is C14H11ClN2O2. The number of aryl methyl sites for hydroxylation is 1. The summed E-state index contributed by atoms with van der Waals surface area (Å²) in [5.74, 6) is -0.555. The van der Waals surface area contributed by atoms with Crippen molar-refractivity contribution in [2.24, 2.45) is 0 Å². The van der Waals surface area contributed by atoms with Crippen LogP contribution in [-0.4, -0.2) is 17.1 Å². The topological polar surface area (TPSA) is 63.0 Å². The van der Waals surface area contributed by atoms with Crippen LogP contribution in [0.4, 0.5) is 0 Å². The lowest BCUT2D eigenvalue weighted by Gasteiger charge is -2.09. The standard InChI is InChI=1S/C14H11ClN2O2/c1-8(7-16)19-14(18)12-6-10-5-11(15)3-4-13(10)17-9(12)2/h3-6,8H,1-2H3. The first kappa shape index (κ1) is 13.3. The van der Waals surface area contributed by atoms with Crippen LogP contribution in [0.5, 0.6) is 0 Å². The van der Waals surface area contributed by atoms with E-state index in [0.29, 0.717) is 16.3 Å². The average Bonchev–Trinajstić information content (AvgIpc) is 2.38. The van der Waals surface area contributed by atoms with Gasteiger partial charge in [-0.05, 0) is 38.1 Å². The fraction of sp³-hybridized carbons (Fsp3) is 0.214. The fourth-order valence-electron chi connectivity index (χ4n) is 1.70. The summed E-state index contributed by atoms with van der Waals surface area (Å²) in [6.07, 6.45) is -0.790. The minimum absolute atomic E-state index is 0.344. The number of esters is 1. The maximum atomic E-state index is 11.9. The summed E-state index contributed by atoms with van der Waals surface area (Å²) in [5.41, 5.74) is 1.66.